The van der Waals surface area contributed by atoms with Gasteiger partial charge in [-0.1, -0.05) is 0 Å². The van der Waals surface area contributed by atoms with Crippen LogP contribution >= 0.6 is 0 Å². The summed E-state index contributed by atoms with van der Waals surface area (Å²) in [5, 5.41) is 0. The fourth-order valence-corrected chi connectivity index (χ4v) is 2.62. The molecule has 0 unspecified atom stereocenters. The van der Waals surface area contributed by atoms with Gasteiger partial charge in [-0.2, -0.15) is 0 Å². The van der Waals surface area contributed by atoms with Crippen molar-refractivity contribution in [1.82, 2.24) is 29.1 Å². The molecule has 3 aromatic heterocycles. The Bertz CT molecular complexity index is 767. The molecule has 0 fully saturated rings. The summed E-state index contributed by atoms with van der Waals surface area (Å²) in [5.74, 6) is 3.07. The van der Waals surface area contributed by atoms with Crippen LogP contribution in [0, 0.1) is 41.5 Å². The van der Waals surface area contributed by atoms with E-state index in [-0.39, 0.29) is 1.43 Å². The predicted octanol–water partition coefficient (Wildman–Crippen LogP) is 2.19. The summed E-state index contributed by atoms with van der Waals surface area (Å²) in [4.78, 5) is 15.4. The third-order valence-electron chi connectivity index (χ3n) is 3.90. The van der Waals surface area contributed by atoms with Gasteiger partial charge in [-0.15, -0.1) is 0 Å². The monoisotopic (exact) mass is 376 g/mol. The minimum absolute atomic E-state index is 0. The van der Waals surface area contributed by atoms with Crippen LogP contribution in [0.2, 0.25) is 0 Å². The Morgan fingerprint density at radius 3 is 1.93 bits per heavy atom. The number of imidazole rings is 3. The van der Waals surface area contributed by atoms with E-state index in [1.54, 1.807) is 0 Å². The molecule has 0 saturated heterocycles. The molecule has 0 amide bonds. The van der Waals surface area contributed by atoms with Crippen molar-refractivity contribution in [3.05, 3.63) is 53.1 Å². The Kier molecular flexibility index (Phi) is 9.46. The van der Waals surface area contributed by atoms with E-state index >= 15 is 0 Å². The highest BCUT2D eigenvalue weighted by Gasteiger charge is 1.99. The van der Waals surface area contributed by atoms with Gasteiger partial charge in [-0.3, -0.25) is 0 Å². The molecule has 3 heterocycles. The quantitative estimate of drug-likeness (QED) is 0.645. The summed E-state index contributed by atoms with van der Waals surface area (Å²) in [6, 6.07) is 0. The normalized spacial score (nSPS) is 10.1. The lowest BCUT2D eigenvalue weighted by Gasteiger charge is -2.03. The second kappa shape index (κ2) is 11.3. The standard InChI is InChI=1S/2C7H13N3.C5H8N2.H2/c1-6-5-10(4-3-8)7(2)9-6;1-6-5-9-7(2)10(6)4-3-8;1-4-3-6-5(2)7-4;/h2*5H,3-4,8H2,1-2H3;3H,1-2H3,(H,6,7);1H. The molecule has 3 aromatic rings. The van der Waals surface area contributed by atoms with E-state index in [1.165, 1.54) is 5.69 Å². The zero-order valence-electron chi connectivity index (χ0n) is 17.5. The summed E-state index contributed by atoms with van der Waals surface area (Å²) < 4.78 is 4.18. The van der Waals surface area contributed by atoms with Crippen LogP contribution in [-0.4, -0.2) is 42.2 Å². The Morgan fingerprint density at radius 1 is 0.926 bits per heavy atom. The fraction of sp³-hybridized carbons (Fsp3) is 0.526. The van der Waals surface area contributed by atoms with Crippen LogP contribution in [0.15, 0.2) is 18.6 Å². The molecule has 0 atom stereocenters. The minimum atomic E-state index is 0. The van der Waals surface area contributed by atoms with Crippen molar-refractivity contribution in [3.8, 4) is 0 Å². The summed E-state index contributed by atoms with van der Waals surface area (Å²) >= 11 is 0. The first-order valence-corrected chi connectivity index (χ1v) is 9.15. The molecule has 8 nitrogen and oxygen atoms in total. The highest BCUT2D eigenvalue weighted by molar-refractivity contribution is 5.01. The third kappa shape index (κ3) is 7.76. The third-order valence-corrected chi connectivity index (χ3v) is 3.90. The van der Waals surface area contributed by atoms with Gasteiger partial charge < -0.3 is 25.6 Å². The number of H-pyrrole nitrogens is 1. The van der Waals surface area contributed by atoms with Gasteiger partial charge >= 0.3 is 0 Å². The maximum Gasteiger partial charge on any atom is 0.105 e. The molecule has 5 N–H and O–H groups in total. The highest BCUT2D eigenvalue weighted by Crippen LogP contribution is 2.01. The Hall–Kier alpha value is -2.45. The minimum Gasteiger partial charge on any atom is -0.346 e. The summed E-state index contributed by atoms with van der Waals surface area (Å²) in [6.45, 7) is 15.0. The highest BCUT2D eigenvalue weighted by atomic mass is 15.1. The number of aromatic nitrogens is 6. The molecule has 0 spiro atoms. The van der Waals surface area contributed by atoms with Gasteiger partial charge in [0.1, 0.15) is 17.5 Å². The number of nitrogens with one attached hydrogen (secondary N) is 1. The van der Waals surface area contributed by atoms with Gasteiger partial charge in [0.05, 0.1) is 5.69 Å². The molecular formula is C19H36N8. The van der Waals surface area contributed by atoms with Crippen molar-refractivity contribution in [2.45, 2.75) is 54.6 Å². The van der Waals surface area contributed by atoms with Gasteiger partial charge in [0, 0.05) is 57.6 Å². The fourth-order valence-electron chi connectivity index (χ4n) is 2.62. The molecule has 8 heteroatoms. The number of nitrogens with zero attached hydrogens (tertiary/aromatic N) is 5. The van der Waals surface area contributed by atoms with Crippen LogP contribution in [0.1, 0.15) is 36.0 Å². The molecule has 0 aliphatic carbocycles. The SMILES string of the molecule is Cc1cn(CCN)c(C)n1.Cc1cnc(C)[nH]1.Cc1cnc(C)n1CCN.[HH]. The summed E-state index contributed by atoms with van der Waals surface area (Å²) in [5.41, 5.74) is 14.2. The van der Waals surface area contributed by atoms with Gasteiger partial charge in [0.15, 0.2) is 0 Å². The Morgan fingerprint density at radius 2 is 1.59 bits per heavy atom. The first-order valence-electron chi connectivity index (χ1n) is 9.15. The van der Waals surface area contributed by atoms with Crippen molar-refractivity contribution in [2.75, 3.05) is 13.1 Å². The van der Waals surface area contributed by atoms with Gasteiger partial charge in [-0.25, -0.2) is 15.0 Å². The zero-order chi connectivity index (χ0) is 20.4. The van der Waals surface area contributed by atoms with Crippen LogP contribution < -0.4 is 11.5 Å². The van der Waals surface area contributed by atoms with E-state index < -0.39 is 0 Å². The number of hydrogen-bond donors (Lipinski definition) is 3. The summed E-state index contributed by atoms with van der Waals surface area (Å²) in [6.07, 6.45) is 5.70. The molecule has 0 aromatic carbocycles. The van der Waals surface area contributed by atoms with Crippen LogP contribution in [0.25, 0.3) is 0 Å². The van der Waals surface area contributed by atoms with Crippen LogP contribution in [0.3, 0.4) is 0 Å². The average Bonchev–Trinajstić information content (AvgIpc) is 3.24. The van der Waals surface area contributed by atoms with Gasteiger partial charge in [0.2, 0.25) is 0 Å². The maximum absolute atomic E-state index is 5.41. The van der Waals surface area contributed by atoms with Crippen molar-refractivity contribution in [2.24, 2.45) is 11.5 Å². The second-order valence-electron chi connectivity index (χ2n) is 6.45. The van der Waals surface area contributed by atoms with Crippen molar-refractivity contribution in [1.29, 1.82) is 0 Å². The number of rotatable bonds is 4. The lowest BCUT2D eigenvalue weighted by atomic mass is 10.5. The van der Waals surface area contributed by atoms with E-state index in [4.69, 9.17) is 11.5 Å². The largest absolute Gasteiger partial charge is 0.346 e. The Balaban J connectivity index is 0.000000390. The smallest absolute Gasteiger partial charge is 0.105 e. The number of hydrogen-bond acceptors (Lipinski definition) is 5. The first-order chi connectivity index (χ1) is 12.8. The molecule has 0 saturated carbocycles. The molecular weight excluding hydrogens is 340 g/mol. The van der Waals surface area contributed by atoms with Gasteiger partial charge in [0.25, 0.3) is 0 Å². The molecule has 27 heavy (non-hydrogen) atoms. The van der Waals surface area contributed by atoms with Crippen LogP contribution in [0.4, 0.5) is 0 Å². The maximum atomic E-state index is 5.41. The molecule has 152 valence electrons. The van der Waals surface area contributed by atoms with Crippen LogP contribution in [-0.2, 0) is 13.1 Å². The van der Waals surface area contributed by atoms with E-state index in [0.29, 0.717) is 13.1 Å². The van der Waals surface area contributed by atoms with E-state index in [0.717, 1.165) is 42.0 Å². The molecule has 0 radical (unpaired) electrons. The number of aryl methyl sites for hydroxylation is 6. The van der Waals surface area contributed by atoms with Crippen molar-refractivity contribution in [3.63, 3.8) is 0 Å². The molecule has 0 aliphatic heterocycles. The lowest BCUT2D eigenvalue weighted by molar-refractivity contribution is 0.667. The zero-order valence-corrected chi connectivity index (χ0v) is 17.5. The Labute approximate surface area is 163 Å². The van der Waals surface area contributed by atoms with Crippen molar-refractivity contribution < 1.29 is 1.43 Å². The topological polar surface area (TPSA) is 116 Å². The molecule has 0 aliphatic rings. The number of aromatic amines is 1. The van der Waals surface area contributed by atoms with E-state index in [1.807, 2.05) is 60.1 Å². The number of nitrogens with two attached hydrogens (primary N) is 2. The van der Waals surface area contributed by atoms with E-state index in [2.05, 4.69) is 29.1 Å². The second-order valence-corrected chi connectivity index (χ2v) is 6.45. The molecule has 3 rings (SSSR count). The van der Waals surface area contributed by atoms with Crippen molar-refractivity contribution >= 4 is 0 Å². The van der Waals surface area contributed by atoms with Gasteiger partial charge in [-0.05, 0) is 41.5 Å². The summed E-state index contributed by atoms with van der Waals surface area (Å²) in [7, 11) is 0. The van der Waals surface area contributed by atoms with Crippen LogP contribution in [0.5, 0.6) is 0 Å². The molecule has 0 bridgehead atoms. The first kappa shape index (κ1) is 22.6. The average molecular weight is 377 g/mol. The predicted molar refractivity (Wildman–Crippen MR) is 112 cm³/mol. The lowest BCUT2D eigenvalue weighted by Crippen LogP contribution is -2.12. The van der Waals surface area contributed by atoms with E-state index in [9.17, 15) is 0 Å².